The van der Waals surface area contributed by atoms with E-state index in [0.29, 0.717) is 11.6 Å². The molecule has 0 aliphatic rings. The molecule has 29 heavy (non-hydrogen) atoms. The number of methoxy groups -OCH3 is 1. The summed E-state index contributed by atoms with van der Waals surface area (Å²) in [6, 6.07) is 12.7. The van der Waals surface area contributed by atoms with Crippen LogP contribution in [0.25, 0.3) is 0 Å². The molecule has 2 aromatic carbocycles. The Hall–Kier alpha value is -3.46. The van der Waals surface area contributed by atoms with Crippen molar-refractivity contribution in [3.63, 3.8) is 0 Å². The predicted molar refractivity (Wildman–Crippen MR) is 107 cm³/mol. The van der Waals surface area contributed by atoms with Crippen molar-refractivity contribution >= 4 is 27.3 Å². The number of hydrogen-bond acceptors (Lipinski definition) is 5. The fraction of sp³-hybridized carbons (Fsp3) is 0.100. The van der Waals surface area contributed by atoms with Gasteiger partial charge < -0.3 is 10.1 Å². The van der Waals surface area contributed by atoms with Gasteiger partial charge in [-0.15, -0.1) is 0 Å². The van der Waals surface area contributed by atoms with Crippen molar-refractivity contribution in [1.29, 1.82) is 0 Å². The van der Waals surface area contributed by atoms with Gasteiger partial charge in [0, 0.05) is 6.07 Å². The highest BCUT2D eigenvalue weighted by Gasteiger charge is 2.20. The minimum absolute atomic E-state index is 0.0755. The molecule has 0 bridgehead atoms. The summed E-state index contributed by atoms with van der Waals surface area (Å²) in [5, 5.41) is 2.65. The smallest absolute Gasteiger partial charge is 0.262 e. The number of nitrogens with one attached hydrogen (secondary N) is 2. The lowest BCUT2D eigenvalue weighted by Crippen LogP contribution is -2.19. The number of aromatic nitrogens is 1. The molecule has 2 N–H and O–H groups in total. The molecular formula is C20H18FN3O4S. The van der Waals surface area contributed by atoms with Crippen molar-refractivity contribution in [3.8, 4) is 5.88 Å². The second-order valence-corrected chi connectivity index (χ2v) is 7.76. The summed E-state index contributed by atoms with van der Waals surface area (Å²) in [5.74, 6) is -0.661. The molecule has 0 atom stereocenters. The minimum atomic E-state index is -4.02. The molecule has 0 fully saturated rings. The van der Waals surface area contributed by atoms with E-state index in [1.54, 1.807) is 24.3 Å². The lowest BCUT2D eigenvalue weighted by Gasteiger charge is -2.14. The zero-order chi connectivity index (χ0) is 21.0. The molecule has 150 valence electrons. The zero-order valence-electron chi connectivity index (χ0n) is 15.6. The van der Waals surface area contributed by atoms with Crippen LogP contribution in [-0.2, 0) is 10.0 Å². The number of sulfonamides is 1. The van der Waals surface area contributed by atoms with Crippen LogP contribution in [0.1, 0.15) is 15.9 Å². The molecule has 3 rings (SSSR count). The lowest BCUT2D eigenvalue weighted by atomic mass is 10.1. The number of hydrogen-bond donors (Lipinski definition) is 2. The van der Waals surface area contributed by atoms with Crippen LogP contribution in [0, 0.1) is 12.7 Å². The van der Waals surface area contributed by atoms with E-state index in [1.165, 1.54) is 38.4 Å². The van der Waals surface area contributed by atoms with Gasteiger partial charge in [-0.2, -0.15) is 0 Å². The van der Waals surface area contributed by atoms with E-state index >= 15 is 0 Å². The second-order valence-electron chi connectivity index (χ2n) is 6.10. The third kappa shape index (κ3) is 4.69. The van der Waals surface area contributed by atoms with E-state index in [1.807, 2.05) is 0 Å². The van der Waals surface area contributed by atoms with Crippen molar-refractivity contribution < 1.29 is 22.3 Å². The topological polar surface area (TPSA) is 97.4 Å². The fourth-order valence-corrected chi connectivity index (χ4v) is 3.97. The van der Waals surface area contributed by atoms with Crippen LogP contribution in [0.3, 0.4) is 0 Å². The van der Waals surface area contributed by atoms with E-state index in [4.69, 9.17) is 4.74 Å². The van der Waals surface area contributed by atoms with Crippen molar-refractivity contribution in [3.05, 3.63) is 77.7 Å². The Balaban J connectivity index is 1.87. The number of nitrogens with zero attached hydrogens (tertiary/aromatic N) is 1. The van der Waals surface area contributed by atoms with Gasteiger partial charge in [0.05, 0.1) is 35.1 Å². The summed E-state index contributed by atoms with van der Waals surface area (Å²) in [5.41, 5.74) is 0.883. The number of rotatable bonds is 6. The highest BCUT2D eigenvalue weighted by Crippen LogP contribution is 2.23. The largest absolute Gasteiger partial charge is 0.481 e. The third-order valence-electron chi connectivity index (χ3n) is 4.05. The van der Waals surface area contributed by atoms with Crippen LogP contribution in [0.5, 0.6) is 5.88 Å². The number of halogens is 1. The highest BCUT2D eigenvalue weighted by atomic mass is 32.2. The molecule has 3 aromatic rings. The summed E-state index contributed by atoms with van der Waals surface area (Å²) in [6.45, 7) is 1.49. The maximum Gasteiger partial charge on any atom is 0.262 e. The third-order valence-corrected chi connectivity index (χ3v) is 5.57. The Morgan fingerprint density at radius 3 is 2.52 bits per heavy atom. The van der Waals surface area contributed by atoms with Crippen LogP contribution >= 0.6 is 0 Å². The fourth-order valence-electron chi connectivity index (χ4n) is 2.66. The van der Waals surface area contributed by atoms with Crippen molar-refractivity contribution in [2.24, 2.45) is 0 Å². The summed E-state index contributed by atoms with van der Waals surface area (Å²) < 4.78 is 46.2. The van der Waals surface area contributed by atoms with Crippen LogP contribution in [0.2, 0.25) is 0 Å². The van der Waals surface area contributed by atoms with Crippen molar-refractivity contribution in [2.75, 3.05) is 17.1 Å². The van der Waals surface area contributed by atoms with Gasteiger partial charge in [0.15, 0.2) is 0 Å². The maximum absolute atomic E-state index is 13.3. The molecule has 0 saturated carbocycles. The van der Waals surface area contributed by atoms with E-state index in [0.717, 1.165) is 12.1 Å². The van der Waals surface area contributed by atoms with Crippen LogP contribution < -0.4 is 14.8 Å². The first-order valence-corrected chi connectivity index (χ1v) is 9.98. The molecule has 1 aromatic heterocycles. The number of amides is 1. The summed E-state index contributed by atoms with van der Waals surface area (Å²) >= 11 is 0. The molecule has 1 amide bonds. The minimum Gasteiger partial charge on any atom is -0.481 e. The molecule has 0 spiro atoms. The van der Waals surface area contributed by atoms with Gasteiger partial charge in [0.2, 0.25) is 5.88 Å². The average Bonchev–Trinajstić information content (AvgIpc) is 2.68. The van der Waals surface area contributed by atoms with Gasteiger partial charge in [-0.1, -0.05) is 12.1 Å². The number of para-hydroxylation sites is 1. The summed E-state index contributed by atoms with van der Waals surface area (Å²) in [4.78, 5) is 16.6. The number of pyridine rings is 1. The number of ether oxygens (including phenoxy) is 1. The first-order chi connectivity index (χ1) is 13.8. The van der Waals surface area contributed by atoms with Crippen molar-refractivity contribution in [1.82, 2.24) is 4.98 Å². The molecule has 1 heterocycles. The van der Waals surface area contributed by atoms with Crippen LogP contribution in [0.4, 0.5) is 15.8 Å². The van der Waals surface area contributed by atoms with Gasteiger partial charge in [0.1, 0.15) is 5.82 Å². The molecular weight excluding hydrogens is 397 g/mol. The lowest BCUT2D eigenvalue weighted by molar-refractivity contribution is 0.102. The molecule has 0 unspecified atom stereocenters. The summed E-state index contributed by atoms with van der Waals surface area (Å²) in [6.07, 6.45) is 1.42. The number of carbonyl (C=O) groups excluding carboxylic acids is 1. The molecule has 0 saturated heterocycles. The Labute approximate surface area is 167 Å². The van der Waals surface area contributed by atoms with Gasteiger partial charge >= 0.3 is 0 Å². The van der Waals surface area contributed by atoms with E-state index in [-0.39, 0.29) is 21.7 Å². The SMILES string of the molecule is COc1ccc(NC(=O)c2ccccc2NS(=O)(=O)c2ccc(F)cc2C)cn1. The van der Waals surface area contributed by atoms with Gasteiger partial charge in [-0.05, 0) is 48.9 Å². The molecule has 0 aliphatic heterocycles. The van der Waals surface area contributed by atoms with E-state index < -0.39 is 21.7 Å². The van der Waals surface area contributed by atoms with E-state index in [9.17, 15) is 17.6 Å². The van der Waals surface area contributed by atoms with Crippen molar-refractivity contribution in [2.45, 2.75) is 11.8 Å². The van der Waals surface area contributed by atoms with Crippen LogP contribution in [0.15, 0.2) is 65.7 Å². The number of aryl methyl sites for hydroxylation is 1. The van der Waals surface area contributed by atoms with Gasteiger partial charge in [-0.3, -0.25) is 9.52 Å². The first-order valence-electron chi connectivity index (χ1n) is 8.49. The second kappa shape index (κ2) is 8.27. The standard InChI is InChI=1S/C20H18FN3O4S/c1-13-11-14(21)7-9-18(13)29(26,27)24-17-6-4-3-5-16(17)20(25)23-15-8-10-19(28-2)22-12-15/h3-12,24H,1-2H3,(H,23,25). The number of carbonyl (C=O) groups is 1. The Morgan fingerprint density at radius 1 is 1.10 bits per heavy atom. The monoisotopic (exact) mass is 415 g/mol. The normalized spacial score (nSPS) is 11.0. The van der Waals surface area contributed by atoms with Gasteiger partial charge in [0.25, 0.3) is 15.9 Å². The Morgan fingerprint density at radius 2 is 1.86 bits per heavy atom. The number of benzene rings is 2. The molecule has 7 nitrogen and oxygen atoms in total. The predicted octanol–water partition coefficient (Wildman–Crippen LogP) is 3.59. The Bertz CT molecular complexity index is 1150. The summed E-state index contributed by atoms with van der Waals surface area (Å²) in [7, 11) is -2.55. The van der Waals surface area contributed by atoms with E-state index in [2.05, 4.69) is 15.0 Å². The average molecular weight is 415 g/mol. The van der Waals surface area contributed by atoms with Crippen LogP contribution in [-0.4, -0.2) is 26.4 Å². The molecule has 0 radical (unpaired) electrons. The molecule has 0 aliphatic carbocycles. The first kappa shape index (κ1) is 20.3. The quantitative estimate of drug-likeness (QED) is 0.641. The Kier molecular flexibility index (Phi) is 5.79. The molecule has 9 heteroatoms. The maximum atomic E-state index is 13.3. The highest BCUT2D eigenvalue weighted by molar-refractivity contribution is 7.92. The van der Waals surface area contributed by atoms with Gasteiger partial charge in [-0.25, -0.2) is 17.8 Å². The zero-order valence-corrected chi connectivity index (χ0v) is 16.5. The number of anilines is 2.